The Hall–Kier alpha value is -1.14. The SMILES string of the molecule is CCOC(=O)CN1CCC(OCCNC=O)CC1. The molecule has 0 bridgehead atoms. The van der Waals surface area contributed by atoms with Crippen LogP contribution in [0.1, 0.15) is 19.8 Å². The Bertz CT molecular complexity index is 252. The molecule has 1 saturated heterocycles. The predicted octanol–water partition coefficient (Wildman–Crippen LogP) is -0.223. The molecule has 0 aliphatic carbocycles. The summed E-state index contributed by atoms with van der Waals surface area (Å²) in [5.74, 6) is -0.160. The minimum Gasteiger partial charge on any atom is -0.465 e. The highest BCUT2D eigenvalue weighted by molar-refractivity contribution is 5.71. The molecule has 0 aromatic carbocycles. The average Bonchev–Trinajstić information content (AvgIpc) is 2.37. The molecule has 1 aliphatic heterocycles. The summed E-state index contributed by atoms with van der Waals surface area (Å²) in [4.78, 5) is 23.4. The highest BCUT2D eigenvalue weighted by Crippen LogP contribution is 2.13. The van der Waals surface area contributed by atoms with Crippen LogP contribution in [-0.2, 0) is 19.1 Å². The van der Waals surface area contributed by atoms with E-state index in [1.165, 1.54) is 0 Å². The van der Waals surface area contributed by atoms with E-state index in [1.54, 1.807) is 0 Å². The summed E-state index contributed by atoms with van der Waals surface area (Å²) < 4.78 is 10.5. The minimum atomic E-state index is -0.160. The van der Waals surface area contributed by atoms with E-state index < -0.39 is 0 Å². The summed E-state index contributed by atoms with van der Waals surface area (Å²) >= 11 is 0. The number of piperidine rings is 1. The topological polar surface area (TPSA) is 67.9 Å². The van der Waals surface area contributed by atoms with Gasteiger partial charge in [-0.15, -0.1) is 0 Å². The van der Waals surface area contributed by atoms with Gasteiger partial charge in [-0.1, -0.05) is 0 Å². The number of esters is 1. The molecule has 104 valence electrons. The van der Waals surface area contributed by atoms with Crippen molar-refractivity contribution < 1.29 is 19.1 Å². The smallest absolute Gasteiger partial charge is 0.320 e. The molecule has 1 N–H and O–H groups in total. The first-order chi connectivity index (χ1) is 8.76. The molecule has 1 fully saturated rings. The van der Waals surface area contributed by atoms with Gasteiger partial charge in [-0.3, -0.25) is 14.5 Å². The first-order valence-electron chi connectivity index (χ1n) is 6.43. The highest BCUT2D eigenvalue weighted by Gasteiger charge is 2.21. The maximum Gasteiger partial charge on any atom is 0.320 e. The number of nitrogens with one attached hydrogen (secondary N) is 1. The first-order valence-corrected chi connectivity index (χ1v) is 6.43. The summed E-state index contributed by atoms with van der Waals surface area (Å²) in [5.41, 5.74) is 0. The van der Waals surface area contributed by atoms with Crippen LogP contribution in [-0.4, -0.2) is 62.8 Å². The van der Waals surface area contributed by atoms with Crippen LogP contribution < -0.4 is 5.32 Å². The van der Waals surface area contributed by atoms with Gasteiger partial charge in [-0.05, 0) is 19.8 Å². The number of rotatable bonds is 8. The molecule has 1 aliphatic rings. The second-order valence-electron chi connectivity index (χ2n) is 4.22. The second kappa shape index (κ2) is 8.88. The van der Waals surface area contributed by atoms with E-state index in [2.05, 4.69) is 10.2 Å². The molecule has 1 rings (SSSR count). The molecule has 1 amide bonds. The molecule has 0 atom stereocenters. The van der Waals surface area contributed by atoms with Crippen molar-refractivity contribution in [2.24, 2.45) is 0 Å². The van der Waals surface area contributed by atoms with Gasteiger partial charge in [0.15, 0.2) is 0 Å². The second-order valence-corrected chi connectivity index (χ2v) is 4.22. The lowest BCUT2D eigenvalue weighted by Gasteiger charge is -2.31. The van der Waals surface area contributed by atoms with Crippen molar-refractivity contribution in [1.29, 1.82) is 0 Å². The standard InChI is InChI=1S/C12H22N2O4/c1-2-17-12(16)9-14-6-3-11(4-7-14)18-8-5-13-10-15/h10-11H,2-9H2,1H3,(H,13,15). The zero-order chi connectivity index (χ0) is 13.2. The van der Waals surface area contributed by atoms with Crippen LogP contribution in [0.2, 0.25) is 0 Å². The number of carbonyl (C=O) groups is 2. The molecule has 18 heavy (non-hydrogen) atoms. The Kier molecular flexibility index (Phi) is 7.36. The molecule has 6 nitrogen and oxygen atoms in total. The van der Waals surface area contributed by atoms with Gasteiger partial charge >= 0.3 is 5.97 Å². The van der Waals surface area contributed by atoms with Crippen LogP contribution in [0.4, 0.5) is 0 Å². The summed E-state index contributed by atoms with van der Waals surface area (Å²) in [7, 11) is 0. The van der Waals surface area contributed by atoms with Crippen molar-refractivity contribution in [3.05, 3.63) is 0 Å². The fraction of sp³-hybridized carbons (Fsp3) is 0.833. The molecule has 0 aromatic rings. The van der Waals surface area contributed by atoms with E-state index in [4.69, 9.17) is 9.47 Å². The largest absolute Gasteiger partial charge is 0.465 e. The van der Waals surface area contributed by atoms with E-state index in [1.807, 2.05) is 6.92 Å². The number of nitrogens with zero attached hydrogens (tertiary/aromatic N) is 1. The lowest BCUT2D eigenvalue weighted by Crippen LogP contribution is -2.40. The molecule has 0 spiro atoms. The van der Waals surface area contributed by atoms with Crippen molar-refractivity contribution in [3.8, 4) is 0 Å². The third-order valence-electron chi connectivity index (χ3n) is 2.88. The van der Waals surface area contributed by atoms with Crippen LogP contribution in [0.15, 0.2) is 0 Å². The van der Waals surface area contributed by atoms with Crippen LogP contribution in [0.3, 0.4) is 0 Å². The van der Waals surface area contributed by atoms with Gasteiger partial charge in [0.05, 0.1) is 25.9 Å². The normalized spacial score (nSPS) is 17.4. The minimum absolute atomic E-state index is 0.160. The Labute approximate surface area is 108 Å². The maximum atomic E-state index is 11.3. The maximum absolute atomic E-state index is 11.3. The van der Waals surface area contributed by atoms with Crippen molar-refractivity contribution >= 4 is 12.4 Å². The number of carbonyl (C=O) groups excluding carboxylic acids is 2. The summed E-state index contributed by atoms with van der Waals surface area (Å²) in [5, 5.41) is 2.56. The summed E-state index contributed by atoms with van der Waals surface area (Å²) in [6, 6.07) is 0. The zero-order valence-electron chi connectivity index (χ0n) is 10.9. The third kappa shape index (κ3) is 5.97. The van der Waals surface area contributed by atoms with E-state index in [0.29, 0.717) is 32.7 Å². The van der Waals surface area contributed by atoms with Gasteiger partial charge in [0.2, 0.25) is 6.41 Å². The van der Waals surface area contributed by atoms with Crippen LogP contribution >= 0.6 is 0 Å². The van der Waals surface area contributed by atoms with Gasteiger partial charge in [-0.25, -0.2) is 0 Å². The Morgan fingerprint density at radius 3 is 2.78 bits per heavy atom. The van der Waals surface area contributed by atoms with Crippen molar-refractivity contribution in [3.63, 3.8) is 0 Å². The molecule has 6 heteroatoms. The third-order valence-corrected chi connectivity index (χ3v) is 2.88. The molecular formula is C12H22N2O4. The fourth-order valence-electron chi connectivity index (χ4n) is 1.97. The molecule has 0 unspecified atom stereocenters. The van der Waals surface area contributed by atoms with Gasteiger partial charge in [0, 0.05) is 19.6 Å². The highest BCUT2D eigenvalue weighted by atomic mass is 16.5. The van der Waals surface area contributed by atoms with Gasteiger partial charge < -0.3 is 14.8 Å². The lowest BCUT2D eigenvalue weighted by molar-refractivity contribution is -0.145. The summed E-state index contributed by atoms with van der Waals surface area (Å²) in [6.45, 7) is 5.41. The molecule has 0 saturated carbocycles. The van der Waals surface area contributed by atoms with E-state index in [0.717, 1.165) is 25.9 Å². The molecule has 1 heterocycles. The van der Waals surface area contributed by atoms with Gasteiger partial charge in [0.25, 0.3) is 0 Å². The molecule has 0 aromatic heterocycles. The van der Waals surface area contributed by atoms with Crippen LogP contribution in [0, 0.1) is 0 Å². The number of hydrogen-bond acceptors (Lipinski definition) is 5. The Morgan fingerprint density at radius 2 is 2.17 bits per heavy atom. The molecular weight excluding hydrogens is 236 g/mol. The quantitative estimate of drug-likeness (QED) is 0.370. The number of hydrogen-bond donors (Lipinski definition) is 1. The van der Waals surface area contributed by atoms with E-state index >= 15 is 0 Å². The lowest BCUT2D eigenvalue weighted by atomic mass is 10.1. The molecule has 0 radical (unpaired) electrons. The fourth-order valence-corrected chi connectivity index (χ4v) is 1.97. The van der Waals surface area contributed by atoms with Gasteiger partial charge in [-0.2, -0.15) is 0 Å². The predicted molar refractivity (Wildman–Crippen MR) is 66.1 cm³/mol. The monoisotopic (exact) mass is 258 g/mol. The average molecular weight is 258 g/mol. The van der Waals surface area contributed by atoms with Crippen LogP contribution in [0.25, 0.3) is 0 Å². The number of likely N-dealkylation sites (tertiary alicyclic amines) is 1. The van der Waals surface area contributed by atoms with Gasteiger partial charge in [0.1, 0.15) is 0 Å². The van der Waals surface area contributed by atoms with Crippen molar-refractivity contribution in [2.45, 2.75) is 25.9 Å². The van der Waals surface area contributed by atoms with E-state index in [-0.39, 0.29) is 12.1 Å². The van der Waals surface area contributed by atoms with E-state index in [9.17, 15) is 9.59 Å². The Morgan fingerprint density at radius 1 is 1.44 bits per heavy atom. The Balaban J connectivity index is 2.08. The number of amides is 1. The summed E-state index contributed by atoms with van der Waals surface area (Å²) in [6.07, 6.45) is 2.74. The number of ether oxygens (including phenoxy) is 2. The first kappa shape index (κ1) is 14.9. The van der Waals surface area contributed by atoms with Crippen LogP contribution in [0.5, 0.6) is 0 Å². The van der Waals surface area contributed by atoms with Crippen molar-refractivity contribution in [1.82, 2.24) is 10.2 Å². The van der Waals surface area contributed by atoms with Crippen molar-refractivity contribution in [2.75, 3.05) is 39.4 Å². The zero-order valence-corrected chi connectivity index (χ0v) is 10.9.